The van der Waals surface area contributed by atoms with E-state index in [0.717, 1.165) is 25.1 Å². The van der Waals surface area contributed by atoms with Gasteiger partial charge in [0.2, 0.25) is 0 Å². The third-order valence-electron chi connectivity index (χ3n) is 3.30. The van der Waals surface area contributed by atoms with Crippen LogP contribution in [0, 0.1) is 5.82 Å². The van der Waals surface area contributed by atoms with Crippen molar-refractivity contribution in [2.45, 2.75) is 12.0 Å². The van der Waals surface area contributed by atoms with Gasteiger partial charge >= 0.3 is 0 Å². The number of hydrogen-bond acceptors (Lipinski definition) is 3. The lowest BCUT2D eigenvalue weighted by Gasteiger charge is -2.42. The highest BCUT2D eigenvalue weighted by Gasteiger charge is 2.39. The van der Waals surface area contributed by atoms with E-state index in [1.54, 1.807) is 6.07 Å². The predicted molar refractivity (Wildman–Crippen MR) is 57.0 cm³/mol. The molecule has 1 aromatic rings. The minimum Gasteiger partial charge on any atom is -0.493 e. The number of morpholine rings is 1. The van der Waals surface area contributed by atoms with Gasteiger partial charge in [-0.05, 0) is 6.07 Å². The fourth-order valence-electron chi connectivity index (χ4n) is 2.47. The van der Waals surface area contributed by atoms with Crippen LogP contribution >= 0.6 is 0 Å². The molecule has 0 saturated carbocycles. The average molecular weight is 223 g/mol. The Morgan fingerprint density at radius 1 is 1.31 bits per heavy atom. The summed E-state index contributed by atoms with van der Waals surface area (Å²) in [4.78, 5) is 0. The van der Waals surface area contributed by atoms with Crippen molar-refractivity contribution >= 4 is 0 Å². The molecule has 0 aromatic heterocycles. The molecule has 0 aliphatic carbocycles. The second kappa shape index (κ2) is 3.71. The van der Waals surface area contributed by atoms with Crippen LogP contribution in [0.15, 0.2) is 18.2 Å². The van der Waals surface area contributed by atoms with Crippen LogP contribution in [0.4, 0.5) is 4.39 Å². The molecule has 86 valence electrons. The van der Waals surface area contributed by atoms with Crippen LogP contribution < -0.4 is 10.1 Å². The van der Waals surface area contributed by atoms with Gasteiger partial charge in [-0.1, -0.05) is 6.07 Å². The van der Waals surface area contributed by atoms with E-state index in [-0.39, 0.29) is 11.4 Å². The second-order valence-electron chi connectivity index (χ2n) is 4.30. The molecule has 0 radical (unpaired) electrons. The first-order valence-electron chi connectivity index (χ1n) is 5.56. The van der Waals surface area contributed by atoms with Gasteiger partial charge in [0.1, 0.15) is 11.6 Å². The summed E-state index contributed by atoms with van der Waals surface area (Å²) in [7, 11) is 0. The molecule has 1 spiro atoms. The fraction of sp³-hybridized carbons (Fsp3) is 0.500. The summed E-state index contributed by atoms with van der Waals surface area (Å²) in [5.74, 6) is 0.386. The van der Waals surface area contributed by atoms with Crippen LogP contribution in [-0.4, -0.2) is 26.4 Å². The molecule has 16 heavy (non-hydrogen) atoms. The summed E-state index contributed by atoms with van der Waals surface area (Å²) >= 11 is 0. The highest BCUT2D eigenvalue weighted by atomic mass is 19.1. The Hall–Kier alpha value is -1.13. The molecular weight excluding hydrogens is 209 g/mol. The van der Waals surface area contributed by atoms with E-state index in [1.807, 2.05) is 0 Å². The van der Waals surface area contributed by atoms with Crippen LogP contribution in [-0.2, 0) is 10.3 Å². The summed E-state index contributed by atoms with van der Waals surface area (Å²) in [6, 6.07) is 4.73. The lowest BCUT2D eigenvalue weighted by Crippen LogP contribution is -2.54. The standard InChI is InChI=1S/C12H14FNO2/c13-9-1-2-10-11(7-9)16-5-3-12(10)8-15-6-4-14-12/h1-2,7,14H,3-6,8H2/t12-/m1/s1. The predicted octanol–water partition coefficient (Wildman–Crippen LogP) is 1.42. The summed E-state index contributed by atoms with van der Waals surface area (Å²) in [6.45, 7) is 2.80. The highest BCUT2D eigenvalue weighted by molar-refractivity contribution is 5.41. The van der Waals surface area contributed by atoms with Crippen molar-refractivity contribution in [3.05, 3.63) is 29.6 Å². The van der Waals surface area contributed by atoms with Crippen molar-refractivity contribution < 1.29 is 13.9 Å². The van der Waals surface area contributed by atoms with Crippen molar-refractivity contribution in [1.29, 1.82) is 0 Å². The molecule has 1 atom stereocenters. The van der Waals surface area contributed by atoms with Crippen LogP contribution in [0.25, 0.3) is 0 Å². The molecule has 3 nitrogen and oxygen atoms in total. The van der Waals surface area contributed by atoms with E-state index < -0.39 is 0 Å². The van der Waals surface area contributed by atoms with Crippen LogP contribution in [0.3, 0.4) is 0 Å². The van der Waals surface area contributed by atoms with Crippen LogP contribution in [0.2, 0.25) is 0 Å². The quantitative estimate of drug-likeness (QED) is 0.721. The summed E-state index contributed by atoms with van der Waals surface area (Å²) in [5.41, 5.74) is 0.833. The lowest BCUT2D eigenvalue weighted by molar-refractivity contribution is 0.00554. The number of hydrogen-bond donors (Lipinski definition) is 1. The lowest BCUT2D eigenvalue weighted by atomic mass is 9.84. The zero-order valence-corrected chi connectivity index (χ0v) is 8.96. The average Bonchev–Trinajstić information content (AvgIpc) is 2.30. The molecule has 0 amide bonds. The Kier molecular flexibility index (Phi) is 2.33. The van der Waals surface area contributed by atoms with Gasteiger partial charge in [0.15, 0.2) is 0 Å². The Balaban J connectivity index is 2.04. The molecule has 3 rings (SSSR count). The van der Waals surface area contributed by atoms with E-state index in [0.29, 0.717) is 19.0 Å². The fourth-order valence-corrected chi connectivity index (χ4v) is 2.47. The third-order valence-corrected chi connectivity index (χ3v) is 3.30. The summed E-state index contributed by atoms with van der Waals surface area (Å²) in [6.07, 6.45) is 0.867. The first-order valence-corrected chi connectivity index (χ1v) is 5.56. The smallest absolute Gasteiger partial charge is 0.127 e. The molecule has 1 aromatic carbocycles. The molecule has 2 heterocycles. The van der Waals surface area contributed by atoms with E-state index in [9.17, 15) is 4.39 Å². The minimum atomic E-state index is -0.257. The highest BCUT2D eigenvalue weighted by Crippen LogP contribution is 2.38. The van der Waals surface area contributed by atoms with Crippen molar-refractivity contribution in [3.63, 3.8) is 0 Å². The zero-order chi connectivity index (χ0) is 11.0. The van der Waals surface area contributed by atoms with E-state index in [2.05, 4.69) is 5.32 Å². The number of ether oxygens (including phenoxy) is 2. The van der Waals surface area contributed by atoms with Crippen LogP contribution in [0.5, 0.6) is 5.75 Å². The minimum absolute atomic E-state index is 0.181. The maximum Gasteiger partial charge on any atom is 0.127 e. The van der Waals surface area contributed by atoms with Crippen molar-refractivity contribution in [1.82, 2.24) is 5.32 Å². The van der Waals surface area contributed by atoms with Crippen LogP contribution in [0.1, 0.15) is 12.0 Å². The molecule has 0 bridgehead atoms. The van der Waals surface area contributed by atoms with E-state index in [4.69, 9.17) is 9.47 Å². The number of nitrogens with one attached hydrogen (secondary N) is 1. The van der Waals surface area contributed by atoms with Gasteiger partial charge in [-0.2, -0.15) is 0 Å². The summed E-state index contributed by atoms with van der Waals surface area (Å²) < 4.78 is 24.2. The van der Waals surface area contributed by atoms with Gasteiger partial charge in [0.05, 0.1) is 25.4 Å². The number of benzene rings is 1. The zero-order valence-electron chi connectivity index (χ0n) is 8.96. The van der Waals surface area contributed by atoms with Gasteiger partial charge in [-0.25, -0.2) is 4.39 Å². The van der Waals surface area contributed by atoms with E-state index >= 15 is 0 Å². The first-order chi connectivity index (χ1) is 7.80. The topological polar surface area (TPSA) is 30.5 Å². The number of fused-ring (bicyclic) bond motifs is 2. The van der Waals surface area contributed by atoms with Gasteiger partial charge in [-0.3, -0.25) is 0 Å². The van der Waals surface area contributed by atoms with Crippen molar-refractivity contribution in [3.8, 4) is 5.75 Å². The number of rotatable bonds is 0. The van der Waals surface area contributed by atoms with E-state index in [1.165, 1.54) is 12.1 Å². The third kappa shape index (κ3) is 1.49. The van der Waals surface area contributed by atoms with Gasteiger partial charge in [0.25, 0.3) is 0 Å². The molecule has 1 fully saturated rings. The maximum atomic E-state index is 13.1. The van der Waals surface area contributed by atoms with Crippen molar-refractivity contribution in [2.75, 3.05) is 26.4 Å². The molecule has 2 aliphatic rings. The van der Waals surface area contributed by atoms with Crippen molar-refractivity contribution in [2.24, 2.45) is 0 Å². The molecule has 0 unspecified atom stereocenters. The second-order valence-corrected chi connectivity index (χ2v) is 4.30. The largest absolute Gasteiger partial charge is 0.493 e. The molecule has 1 saturated heterocycles. The normalized spacial score (nSPS) is 28.6. The maximum absolute atomic E-state index is 13.1. The summed E-state index contributed by atoms with van der Waals surface area (Å²) in [5, 5.41) is 3.48. The Labute approximate surface area is 93.6 Å². The monoisotopic (exact) mass is 223 g/mol. The van der Waals surface area contributed by atoms with Gasteiger partial charge in [-0.15, -0.1) is 0 Å². The molecular formula is C12H14FNO2. The molecule has 2 aliphatic heterocycles. The van der Waals surface area contributed by atoms with Gasteiger partial charge < -0.3 is 14.8 Å². The molecule has 4 heteroatoms. The number of halogens is 1. The Morgan fingerprint density at radius 3 is 3.06 bits per heavy atom. The van der Waals surface area contributed by atoms with Gasteiger partial charge in [0, 0.05) is 24.6 Å². The molecule has 1 N–H and O–H groups in total. The first kappa shape index (κ1) is 10.1. The Morgan fingerprint density at radius 2 is 2.25 bits per heavy atom. The Bertz CT molecular complexity index is 402. The SMILES string of the molecule is Fc1ccc2c(c1)OCC[C@@]21COCCN1.